The average Bonchev–Trinajstić information content (AvgIpc) is 2.43. The third kappa shape index (κ3) is 0.679. The fourth-order valence-corrected chi connectivity index (χ4v) is 3.17. The van der Waals surface area contributed by atoms with E-state index in [-0.39, 0.29) is 23.4 Å². The van der Waals surface area contributed by atoms with Gasteiger partial charge < -0.3 is 4.74 Å². The minimum Gasteiger partial charge on any atom is -0.458 e. The Morgan fingerprint density at radius 2 is 2.62 bits per heavy atom. The van der Waals surface area contributed by atoms with Crippen LogP contribution in [0, 0.1) is 17.3 Å². The second kappa shape index (κ2) is 2.06. The van der Waals surface area contributed by atoms with E-state index < -0.39 is 0 Å². The first-order valence-corrected chi connectivity index (χ1v) is 4.78. The molecule has 0 aromatic rings. The van der Waals surface area contributed by atoms with Gasteiger partial charge in [0.05, 0.1) is 5.92 Å². The Bertz CT molecular complexity index is 318. The molecule has 0 unspecified atom stereocenters. The summed E-state index contributed by atoms with van der Waals surface area (Å²) in [6, 6.07) is 0. The van der Waals surface area contributed by atoms with E-state index in [1.807, 2.05) is 6.08 Å². The first kappa shape index (κ1) is 7.36. The summed E-state index contributed by atoms with van der Waals surface area (Å²) in [6.45, 7) is 3.77. The predicted molar refractivity (Wildman–Crippen MR) is 47.9 cm³/mol. The highest BCUT2D eigenvalue weighted by molar-refractivity contribution is 5.78. The van der Waals surface area contributed by atoms with Crippen LogP contribution in [0.3, 0.4) is 0 Å². The van der Waals surface area contributed by atoms with Gasteiger partial charge in [-0.3, -0.25) is 4.79 Å². The summed E-state index contributed by atoms with van der Waals surface area (Å²) in [5.74, 6) is 0.622. The fourth-order valence-electron chi connectivity index (χ4n) is 3.17. The Labute approximate surface area is 77.3 Å². The number of esters is 1. The molecule has 13 heavy (non-hydrogen) atoms. The monoisotopic (exact) mass is 176 g/mol. The van der Waals surface area contributed by atoms with Crippen LogP contribution in [-0.2, 0) is 9.53 Å². The second-order valence-corrected chi connectivity index (χ2v) is 4.32. The maximum atomic E-state index is 11.3. The molecule has 0 spiro atoms. The van der Waals surface area contributed by atoms with Crippen LogP contribution in [0.25, 0.3) is 0 Å². The molecular formula is C11H12O2. The zero-order valence-corrected chi connectivity index (χ0v) is 7.40. The number of rotatable bonds is 2. The van der Waals surface area contributed by atoms with Gasteiger partial charge in [-0.25, -0.2) is 0 Å². The summed E-state index contributed by atoms with van der Waals surface area (Å²) in [6.07, 6.45) is 8.26. The van der Waals surface area contributed by atoms with Crippen molar-refractivity contribution in [2.75, 3.05) is 0 Å². The van der Waals surface area contributed by atoms with Crippen molar-refractivity contribution >= 4 is 5.97 Å². The van der Waals surface area contributed by atoms with Gasteiger partial charge in [0.1, 0.15) is 6.10 Å². The van der Waals surface area contributed by atoms with E-state index in [9.17, 15) is 4.79 Å². The number of hydrogen-bond acceptors (Lipinski definition) is 2. The van der Waals surface area contributed by atoms with Crippen LogP contribution in [0.4, 0.5) is 0 Å². The standard InChI is InChI=1S/C11H12O2/c1-2-4-11-5-3-8-9(11)7(6-11)10(12)13-8/h2-3,5,7-9H,1,4,6H2/t7-,8+,9+,11+/m0/s1. The van der Waals surface area contributed by atoms with Crippen molar-refractivity contribution in [3.63, 3.8) is 0 Å². The lowest BCUT2D eigenvalue weighted by Crippen LogP contribution is -2.46. The van der Waals surface area contributed by atoms with Crippen molar-refractivity contribution in [3.05, 3.63) is 24.8 Å². The van der Waals surface area contributed by atoms with E-state index in [0.29, 0.717) is 5.92 Å². The molecule has 0 N–H and O–H groups in total. The molecule has 0 amide bonds. The zero-order valence-electron chi connectivity index (χ0n) is 7.40. The van der Waals surface area contributed by atoms with Crippen LogP contribution in [-0.4, -0.2) is 12.1 Å². The van der Waals surface area contributed by atoms with Gasteiger partial charge in [-0.2, -0.15) is 0 Å². The highest BCUT2D eigenvalue weighted by Gasteiger charge is 2.65. The summed E-state index contributed by atoms with van der Waals surface area (Å²) >= 11 is 0. The second-order valence-electron chi connectivity index (χ2n) is 4.32. The molecule has 3 aliphatic rings. The van der Waals surface area contributed by atoms with E-state index in [0.717, 1.165) is 12.8 Å². The van der Waals surface area contributed by atoms with Gasteiger partial charge in [0.25, 0.3) is 0 Å². The molecule has 0 radical (unpaired) electrons. The Kier molecular flexibility index (Phi) is 1.17. The molecule has 68 valence electrons. The summed E-state index contributed by atoms with van der Waals surface area (Å²) < 4.78 is 5.25. The lowest BCUT2D eigenvalue weighted by molar-refractivity contribution is -0.145. The number of carbonyl (C=O) groups is 1. The topological polar surface area (TPSA) is 26.3 Å². The molecule has 2 aliphatic carbocycles. The number of carbonyl (C=O) groups excluding carboxylic acids is 1. The van der Waals surface area contributed by atoms with Gasteiger partial charge in [0, 0.05) is 11.3 Å². The largest absolute Gasteiger partial charge is 0.458 e. The van der Waals surface area contributed by atoms with Crippen LogP contribution in [0.5, 0.6) is 0 Å². The van der Waals surface area contributed by atoms with Gasteiger partial charge in [0.2, 0.25) is 0 Å². The molecule has 2 fully saturated rings. The van der Waals surface area contributed by atoms with Crippen molar-refractivity contribution in [2.45, 2.75) is 18.9 Å². The van der Waals surface area contributed by atoms with E-state index >= 15 is 0 Å². The predicted octanol–water partition coefficient (Wildman–Crippen LogP) is 1.68. The molecular weight excluding hydrogens is 164 g/mol. The van der Waals surface area contributed by atoms with Crippen molar-refractivity contribution < 1.29 is 9.53 Å². The summed E-state index contributed by atoms with van der Waals surface area (Å²) in [5, 5.41) is 0. The number of ether oxygens (including phenoxy) is 1. The number of hydrogen-bond donors (Lipinski definition) is 0. The van der Waals surface area contributed by atoms with Crippen molar-refractivity contribution in [1.29, 1.82) is 0 Å². The molecule has 0 aromatic carbocycles. The zero-order chi connectivity index (χ0) is 9.05. The maximum absolute atomic E-state index is 11.3. The lowest BCUT2D eigenvalue weighted by atomic mass is 9.54. The van der Waals surface area contributed by atoms with Gasteiger partial charge in [0.15, 0.2) is 0 Å². The van der Waals surface area contributed by atoms with Crippen LogP contribution in [0.15, 0.2) is 24.8 Å². The number of allylic oxidation sites excluding steroid dienone is 2. The van der Waals surface area contributed by atoms with Gasteiger partial charge >= 0.3 is 5.97 Å². The Morgan fingerprint density at radius 3 is 3.38 bits per heavy atom. The third-order valence-electron chi connectivity index (χ3n) is 3.75. The van der Waals surface area contributed by atoms with Crippen LogP contribution < -0.4 is 0 Å². The van der Waals surface area contributed by atoms with E-state index in [4.69, 9.17) is 4.74 Å². The molecule has 3 rings (SSSR count). The van der Waals surface area contributed by atoms with Gasteiger partial charge in [-0.15, -0.1) is 6.58 Å². The highest BCUT2D eigenvalue weighted by atomic mass is 16.6. The molecule has 2 heteroatoms. The Hall–Kier alpha value is -1.05. The SMILES string of the molecule is C=CC[C@@]12C=C[C@H]3OC(=O)[C@@H](C1)[C@H]32. The maximum Gasteiger partial charge on any atom is 0.310 e. The quantitative estimate of drug-likeness (QED) is 0.472. The van der Waals surface area contributed by atoms with E-state index in [1.54, 1.807) is 0 Å². The van der Waals surface area contributed by atoms with Gasteiger partial charge in [-0.1, -0.05) is 12.2 Å². The lowest BCUT2D eigenvalue weighted by Gasteiger charge is -2.46. The molecule has 0 aromatic heterocycles. The summed E-state index contributed by atoms with van der Waals surface area (Å²) in [4.78, 5) is 11.3. The third-order valence-corrected chi connectivity index (χ3v) is 3.75. The molecule has 2 nitrogen and oxygen atoms in total. The van der Waals surface area contributed by atoms with Crippen LogP contribution >= 0.6 is 0 Å². The molecule has 1 heterocycles. The minimum atomic E-state index is 0.0130. The average molecular weight is 176 g/mol. The molecule has 1 saturated heterocycles. The van der Waals surface area contributed by atoms with Crippen molar-refractivity contribution in [3.8, 4) is 0 Å². The smallest absolute Gasteiger partial charge is 0.310 e. The van der Waals surface area contributed by atoms with E-state index in [1.165, 1.54) is 0 Å². The van der Waals surface area contributed by atoms with Crippen molar-refractivity contribution in [1.82, 2.24) is 0 Å². The van der Waals surface area contributed by atoms with Crippen LogP contribution in [0.2, 0.25) is 0 Å². The summed E-state index contributed by atoms with van der Waals surface area (Å²) in [7, 11) is 0. The Morgan fingerprint density at radius 1 is 1.77 bits per heavy atom. The normalized spacial score (nSPS) is 49.8. The molecule has 1 saturated carbocycles. The molecule has 4 atom stereocenters. The van der Waals surface area contributed by atoms with Crippen LogP contribution in [0.1, 0.15) is 12.8 Å². The van der Waals surface area contributed by atoms with Crippen molar-refractivity contribution in [2.24, 2.45) is 17.3 Å². The minimum absolute atomic E-state index is 0.0130. The first-order chi connectivity index (χ1) is 6.27. The van der Waals surface area contributed by atoms with Gasteiger partial charge in [-0.05, 0) is 18.9 Å². The van der Waals surface area contributed by atoms with E-state index in [2.05, 4.69) is 18.7 Å². The highest BCUT2D eigenvalue weighted by Crippen LogP contribution is 2.63. The summed E-state index contributed by atoms with van der Waals surface area (Å²) in [5.41, 5.74) is 0.225. The first-order valence-electron chi connectivity index (χ1n) is 4.78. The fraction of sp³-hybridized carbons (Fsp3) is 0.545. The molecule has 1 aliphatic heterocycles. The Balaban J connectivity index is 1.95. The molecule has 0 bridgehead atoms.